The van der Waals surface area contributed by atoms with Gasteiger partial charge in [-0.05, 0) is 28.9 Å². The number of carbonyl (C=O) groups excluding carboxylic acids is 2. The summed E-state index contributed by atoms with van der Waals surface area (Å²) in [7, 11) is 0.582. The maximum absolute atomic E-state index is 12.4. The number of nitrogens with zero attached hydrogens (tertiary/aromatic N) is 1. The second kappa shape index (κ2) is 7.64. The summed E-state index contributed by atoms with van der Waals surface area (Å²) >= 11 is 3.27. The number of amides is 2. The van der Waals surface area contributed by atoms with E-state index in [0.29, 0.717) is 9.86 Å². The zero-order valence-corrected chi connectivity index (χ0v) is 16.9. The summed E-state index contributed by atoms with van der Waals surface area (Å²) in [5, 5.41) is 3.72. The quantitative estimate of drug-likeness (QED) is 0.653. The molecule has 9 nitrogen and oxygen atoms in total. The molecule has 1 aromatic carbocycles. The second-order valence-corrected chi connectivity index (χ2v) is 8.07. The number of benzene rings is 1. The molecule has 26 heavy (non-hydrogen) atoms. The minimum Gasteiger partial charge on any atom is -0.450 e. The third-order valence-corrected chi connectivity index (χ3v) is 5.58. The third-order valence-electron chi connectivity index (χ3n) is 3.63. The van der Waals surface area contributed by atoms with Crippen molar-refractivity contribution in [3.8, 4) is 0 Å². The molecule has 2 rings (SSSR count). The van der Waals surface area contributed by atoms with Crippen LogP contribution in [0, 0.1) is 0 Å². The molecule has 11 heteroatoms. The standard InChI is InChI=1S/C15H18BrN3O6S/c1-5-26(22,23)18-10-7-11-8(6-9(10)16)12(14(20)17-2)13(25-11)15(21)19(3)24-4/h6-7,18H,5H2,1-4H3,(H,17,20). The Morgan fingerprint density at radius 1 is 1.35 bits per heavy atom. The summed E-state index contributed by atoms with van der Waals surface area (Å²) in [6, 6.07) is 2.92. The molecule has 0 saturated heterocycles. The number of furan rings is 1. The van der Waals surface area contributed by atoms with Crippen LogP contribution in [0.25, 0.3) is 11.0 Å². The molecule has 0 fully saturated rings. The van der Waals surface area contributed by atoms with Gasteiger partial charge in [-0.2, -0.15) is 0 Å². The minimum absolute atomic E-state index is 0.0296. The van der Waals surface area contributed by atoms with Crippen LogP contribution < -0.4 is 10.0 Å². The van der Waals surface area contributed by atoms with E-state index >= 15 is 0 Å². The van der Waals surface area contributed by atoms with Gasteiger partial charge in [0, 0.05) is 30.0 Å². The fourth-order valence-corrected chi connectivity index (χ4v) is 3.38. The van der Waals surface area contributed by atoms with Crippen LogP contribution in [-0.2, 0) is 14.9 Å². The van der Waals surface area contributed by atoms with Gasteiger partial charge in [0.15, 0.2) is 0 Å². The van der Waals surface area contributed by atoms with Crippen LogP contribution in [-0.4, -0.2) is 52.3 Å². The molecule has 0 saturated carbocycles. The van der Waals surface area contributed by atoms with Crippen molar-refractivity contribution >= 4 is 54.4 Å². The van der Waals surface area contributed by atoms with E-state index in [-0.39, 0.29) is 28.3 Å². The van der Waals surface area contributed by atoms with Crippen molar-refractivity contribution in [3.05, 3.63) is 27.9 Å². The van der Waals surface area contributed by atoms with Gasteiger partial charge in [0.2, 0.25) is 15.8 Å². The van der Waals surface area contributed by atoms with Gasteiger partial charge in [0.05, 0.1) is 24.1 Å². The Labute approximate surface area is 158 Å². The molecule has 0 aliphatic heterocycles. The van der Waals surface area contributed by atoms with Crippen molar-refractivity contribution in [2.75, 3.05) is 31.7 Å². The fraction of sp³-hybridized carbons (Fsp3) is 0.333. The summed E-state index contributed by atoms with van der Waals surface area (Å²) in [4.78, 5) is 29.6. The Balaban J connectivity index is 2.70. The van der Waals surface area contributed by atoms with E-state index in [1.54, 1.807) is 0 Å². The Morgan fingerprint density at radius 2 is 2.00 bits per heavy atom. The van der Waals surface area contributed by atoms with Gasteiger partial charge in [-0.15, -0.1) is 0 Å². The van der Waals surface area contributed by atoms with E-state index in [4.69, 9.17) is 9.25 Å². The zero-order chi connectivity index (χ0) is 19.6. The van der Waals surface area contributed by atoms with Crippen molar-refractivity contribution < 1.29 is 27.3 Å². The van der Waals surface area contributed by atoms with Crippen molar-refractivity contribution in [2.24, 2.45) is 0 Å². The van der Waals surface area contributed by atoms with Gasteiger partial charge >= 0.3 is 5.91 Å². The smallest absolute Gasteiger partial charge is 0.313 e. The zero-order valence-electron chi connectivity index (χ0n) is 14.5. The number of rotatable bonds is 6. The van der Waals surface area contributed by atoms with Gasteiger partial charge in [-0.3, -0.25) is 19.1 Å². The number of hydrogen-bond donors (Lipinski definition) is 2. The van der Waals surface area contributed by atoms with Crippen LogP contribution in [0.4, 0.5) is 5.69 Å². The molecule has 2 amide bonds. The Bertz CT molecular complexity index is 969. The molecule has 0 unspecified atom stereocenters. The van der Waals surface area contributed by atoms with Crippen LogP contribution in [0.2, 0.25) is 0 Å². The van der Waals surface area contributed by atoms with E-state index in [1.165, 1.54) is 40.3 Å². The summed E-state index contributed by atoms with van der Waals surface area (Å²) in [6.07, 6.45) is 0. The van der Waals surface area contributed by atoms with Gasteiger partial charge in [0.25, 0.3) is 5.91 Å². The number of carbonyl (C=O) groups is 2. The van der Waals surface area contributed by atoms with Crippen molar-refractivity contribution in [2.45, 2.75) is 6.92 Å². The van der Waals surface area contributed by atoms with Crippen LogP contribution >= 0.6 is 15.9 Å². The van der Waals surface area contributed by atoms with E-state index in [0.717, 1.165) is 5.06 Å². The van der Waals surface area contributed by atoms with E-state index < -0.39 is 21.8 Å². The Kier molecular flexibility index (Phi) is 5.94. The maximum atomic E-state index is 12.4. The summed E-state index contributed by atoms with van der Waals surface area (Å²) in [6.45, 7) is 1.50. The predicted octanol–water partition coefficient (Wildman–Crippen LogP) is 1.95. The highest BCUT2D eigenvalue weighted by Gasteiger charge is 2.28. The topological polar surface area (TPSA) is 118 Å². The van der Waals surface area contributed by atoms with Gasteiger partial charge < -0.3 is 9.73 Å². The lowest BCUT2D eigenvalue weighted by atomic mass is 10.1. The number of nitrogens with one attached hydrogen (secondary N) is 2. The number of hydrogen-bond acceptors (Lipinski definition) is 6. The van der Waals surface area contributed by atoms with Crippen LogP contribution in [0.3, 0.4) is 0 Å². The van der Waals surface area contributed by atoms with Crippen LogP contribution in [0.15, 0.2) is 21.0 Å². The van der Waals surface area contributed by atoms with Gasteiger partial charge in [-0.25, -0.2) is 13.5 Å². The molecule has 2 aromatic rings. The molecule has 0 spiro atoms. The normalized spacial score (nSPS) is 11.4. The molecular formula is C15H18BrN3O6S. The highest BCUT2D eigenvalue weighted by molar-refractivity contribution is 9.10. The number of halogens is 1. The Morgan fingerprint density at radius 3 is 2.54 bits per heavy atom. The first-order valence-corrected chi connectivity index (χ1v) is 9.90. The molecule has 0 aliphatic carbocycles. The largest absolute Gasteiger partial charge is 0.450 e. The lowest BCUT2D eigenvalue weighted by Gasteiger charge is -2.12. The van der Waals surface area contributed by atoms with E-state index in [1.807, 2.05) is 0 Å². The van der Waals surface area contributed by atoms with Crippen LogP contribution in [0.1, 0.15) is 27.8 Å². The predicted molar refractivity (Wildman–Crippen MR) is 99.5 cm³/mol. The highest BCUT2D eigenvalue weighted by Crippen LogP contribution is 2.34. The molecule has 0 bridgehead atoms. The van der Waals surface area contributed by atoms with Gasteiger partial charge in [0.1, 0.15) is 5.58 Å². The monoisotopic (exact) mass is 447 g/mol. The molecule has 1 aromatic heterocycles. The molecule has 1 heterocycles. The number of anilines is 1. The molecule has 0 atom stereocenters. The van der Waals surface area contributed by atoms with Crippen molar-refractivity contribution in [3.63, 3.8) is 0 Å². The minimum atomic E-state index is -3.52. The SMILES string of the molecule is CCS(=O)(=O)Nc1cc2oc(C(=O)N(C)OC)c(C(=O)NC)c2cc1Br. The molecule has 0 aliphatic rings. The molecule has 2 N–H and O–H groups in total. The lowest BCUT2D eigenvalue weighted by molar-refractivity contribution is -0.0772. The van der Waals surface area contributed by atoms with Crippen molar-refractivity contribution in [1.29, 1.82) is 0 Å². The first kappa shape index (κ1) is 20.2. The first-order chi connectivity index (χ1) is 12.1. The number of fused-ring (bicyclic) bond motifs is 1. The molecule has 0 radical (unpaired) electrons. The first-order valence-electron chi connectivity index (χ1n) is 7.46. The average Bonchev–Trinajstić information content (AvgIpc) is 2.97. The number of sulfonamides is 1. The summed E-state index contributed by atoms with van der Waals surface area (Å²) in [5.74, 6) is -1.51. The number of hydroxylamine groups is 2. The average molecular weight is 448 g/mol. The highest BCUT2D eigenvalue weighted by atomic mass is 79.9. The van der Waals surface area contributed by atoms with Crippen LogP contribution in [0.5, 0.6) is 0 Å². The molecular weight excluding hydrogens is 430 g/mol. The van der Waals surface area contributed by atoms with Crippen molar-refractivity contribution in [1.82, 2.24) is 10.4 Å². The van der Waals surface area contributed by atoms with E-state index in [9.17, 15) is 18.0 Å². The van der Waals surface area contributed by atoms with Gasteiger partial charge in [-0.1, -0.05) is 0 Å². The molecule has 142 valence electrons. The van der Waals surface area contributed by atoms with E-state index in [2.05, 4.69) is 26.0 Å². The fourth-order valence-electron chi connectivity index (χ4n) is 2.16. The lowest BCUT2D eigenvalue weighted by Crippen LogP contribution is -2.28. The second-order valence-electron chi connectivity index (χ2n) is 5.20. The maximum Gasteiger partial charge on any atom is 0.313 e. The Hall–Kier alpha value is -2.11. The summed E-state index contributed by atoms with van der Waals surface area (Å²) in [5.41, 5.74) is 0.436. The third kappa shape index (κ3) is 3.84. The summed E-state index contributed by atoms with van der Waals surface area (Å²) < 4.78 is 32.0.